The Morgan fingerprint density at radius 2 is 1.79 bits per heavy atom. The van der Waals surface area contributed by atoms with Crippen molar-refractivity contribution in [1.29, 1.82) is 0 Å². The fourth-order valence-corrected chi connectivity index (χ4v) is 4.40. The highest BCUT2D eigenvalue weighted by Crippen LogP contribution is 2.38. The third kappa shape index (κ3) is 3.59. The summed E-state index contributed by atoms with van der Waals surface area (Å²) in [7, 11) is 3.75. The summed E-state index contributed by atoms with van der Waals surface area (Å²) in [5.41, 5.74) is 1.75. The highest BCUT2D eigenvalue weighted by molar-refractivity contribution is 5.97. The van der Waals surface area contributed by atoms with Gasteiger partial charge in [-0.3, -0.25) is 4.79 Å². The van der Waals surface area contributed by atoms with Crippen LogP contribution in [0.15, 0.2) is 54.6 Å². The molecule has 2 aromatic rings. The number of hydrogen-bond acceptors (Lipinski definition) is 4. The fraction of sp³-hybridized carbons (Fsp3) is 0.435. The smallest absolute Gasteiger partial charge is 0.257 e. The van der Waals surface area contributed by atoms with E-state index in [1.807, 2.05) is 35.2 Å². The number of para-hydroxylation sites is 2. The van der Waals surface area contributed by atoms with Gasteiger partial charge in [-0.05, 0) is 43.5 Å². The molecule has 0 bridgehead atoms. The third-order valence-electron chi connectivity index (χ3n) is 6.20. The molecule has 28 heavy (non-hydrogen) atoms. The zero-order valence-electron chi connectivity index (χ0n) is 16.6. The van der Waals surface area contributed by atoms with Crippen molar-refractivity contribution in [3.63, 3.8) is 0 Å². The molecule has 0 saturated carbocycles. The van der Waals surface area contributed by atoms with E-state index in [0.29, 0.717) is 17.4 Å². The van der Waals surface area contributed by atoms with E-state index >= 15 is 0 Å². The van der Waals surface area contributed by atoms with E-state index in [4.69, 9.17) is 9.47 Å². The number of likely N-dealkylation sites (tertiary alicyclic amines) is 1. The number of amides is 1. The maximum absolute atomic E-state index is 12.9. The highest BCUT2D eigenvalue weighted by atomic mass is 16.5. The first kappa shape index (κ1) is 18.8. The van der Waals surface area contributed by atoms with Crippen LogP contribution in [0.5, 0.6) is 5.75 Å². The molecule has 2 saturated heterocycles. The number of likely N-dealkylation sites (N-methyl/N-ethyl adjacent to an activating group) is 1. The monoisotopic (exact) mass is 380 g/mol. The SMILES string of the molecule is COc1ccccc1C(=O)N1CCC2(CC1)C[C@@H](N(C)c1ccccc1)CO2. The van der Waals surface area contributed by atoms with Gasteiger partial charge in [-0.2, -0.15) is 0 Å². The molecule has 0 radical (unpaired) electrons. The zero-order chi connectivity index (χ0) is 19.6. The third-order valence-corrected chi connectivity index (χ3v) is 6.20. The van der Waals surface area contributed by atoms with Crippen LogP contribution in [0.2, 0.25) is 0 Å². The molecule has 1 amide bonds. The second-order valence-electron chi connectivity index (χ2n) is 7.79. The number of anilines is 1. The van der Waals surface area contributed by atoms with Gasteiger partial charge in [0.2, 0.25) is 0 Å². The molecular formula is C23H28N2O3. The second-order valence-corrected chi connectivity index (χ2v) is 7.79. The molecule has 1 spiro atoms. The van der Waals surface area contributed by atoms with Crippen molar-refractivity contribution in [2.24, 2.45) is 0 Å². The number of piperidine rings is 1. The van der Waals surface area contributed by atoms with Crippen LogP contribution in [-0.4, -0.2) is 56.3 Å². The van der Waals surface area contributed by atoms with Crippen LogP contribution in [0.1, 0.15) is 29.6 Å². The van der Waals surface area contributed by atoms with Crippen LogP contribution in [0.3, 0.4) is 0 Å². The molecule has 0 N–H and O–H groups in total. The van der Waals surface area contributed by atoms with E-state index in [9.17, 15) is 4.79 Å². The Kier molecular flexibility index (Phi) is 5.27. The van der Waals surface area contributed by atoms with E-state index in [1.165, 1.54) is 5.69 Å². The number of ether oxygens (including phenoxy) is 2. The number of hydrogen-bond donors (Lipinski definition) is 0. The Bertz CT molecular complexity index is 816. The summed E-state index contributed by atoms with van der Waals surface area (Å²) in [5.74, 6) is 0.678. The van der Waals surface area contributed by atoms with Gasteiger partial charge in [0.1, 0.15) is 5.75 Å². The summed E-state index contributed by atoms with van der Waals surface area (Å²) in [6, 6.07) is 18.3. The average Bonchev–Trinajstić information content (AvgIpc) is 3.17. The van der Waals surface area contributed by atoms with E-state index in [-0.39, 0.29) is 11.5 Å². The Morgan fingerprint density at radius 3 is 2.50 bits per heavy atom. The van der Waals surface area contributed by atoms with Gasteiger partial charge in [-0.1, -0.05) is 30.3 Å². The molecule has 2 heterocycles. The Labute approximate surface area is 166 Å². The van der Waals surface area contributed by atoms with Crippen LogP contribution in [0.4, 0.5) is 5.69 Å². The number of rotatable bonds is 4. The molecule has 2 aliphatic heterocycles. The molecule has 0 aliphatic carbocycles. The standard InChI is InChI=1S/C23H28N2O3/c1-24(18-8-4-3-5-9-18)19-16-23(28-17-19)12-14-25(15-13-23)22(26)20-10-6-7-11-21(20)27-2/h3-11,19H,12-17H2,1-2H3/t19-/m1/s1. The lowest BCUT2D eigenvalue weighted by atomic mass is 9.87. The van der Waals surface area contributed by atoms with Gasteiger partial charge in [-0.15, -0.1) is 0 Å². The van der Waals surface area contributed by atoms with Crippen molar-refractivity contribution in [3.05, 3.63) is 60.2 Å². The predicted molar refractivity (Wildman–Crippen MR) is 110 cm³/mol. The maximum Gasteiger partial charge on any atom is 0.257 e. The van der Waals surface area contributed by atoms with E-state index in [1.54, 1.807) is 7.11 Å². The Hall–Kier alpha value is -2.53. The number of carbonyl (C=O) groups is 1. The first-order chi connectivity index (χ1) is 13.6. The molecule has 2 aliphatic rings. The minimum Gasteiger partial charge on any atom is -0.496 e. The van der Waals surface area contributed by atoms with Gasteiger partial charge < -0.3 is 19.3 Å². The van der Waals surface area contributed by atoms with Crippen molar-refractivity contribution in [2.45, 2.75) is 30.9 Å². The number of carbonyl (C=O) groups excluding carboxylic acids is 1. The molecule has 148 valence electrons. The van der Waals surface area contributed by atoms with Gasteiger partial charge in [0.05, 0.1) is 30.9 Å². The van der Waals surface area contributed by atoms with Gasteiger partial charge in [-0.25, -0.2) is 0 Å². The zero-order valence-corrected chi connectivity index (χ0v) is 16.6. The minimum atomic E-state index is -0.106. The maximum atomic E-state index is 12.9. The summed E-state index contributed by atoms with van der Waals surface area (Å²) < 4.78 is 11.7. The van der Waals surface area contributed by atoms with E-state index in [2.05, 4.69) is 36.2 Å². The Balaban J connectivity index is 1.38. The topological polar surface area (TPSA) is 42.0 Å². The quantitative estimate of drug-likeness (QED) is 0.813. The lowest BCUT2D eigenvalue weighted by molar-refractivity contribution is -0.0388. The van der Waals surface area contributed by atoms with Crippen molar-refractivity contribution < 1.29 is 14.3 Å². The van der Waals surface area contributed by atoms with Crippen molar-refractivity contribution >= 4 is 11.6 Å². The molecule has 5 heteroatoms. The van der Waals surface area contributed by atoms with E-state index in [0.717, 1.165) is 39.0 Å². The van der Waals surface area contributed by atoms with Crippen LogP contribution < -0.4 is 9.64 Å². The van der Waals surface area contributed by atoms with E-state index < -0.39 is 0 Å². The van der Waals surface area contributed by atoms with Gasteiger partial charge in [0, 0.05) is 25.8 Å². The molecule has 0 unspecified atom stereocenters. The summed E-state index contributed by atoms with van der Waals surface area (Å²) in [6.45, 7) is 2.18. The predicted octanol–water partition coefficient (Wildman–Crippen LogP) is 3.60. The molecule has 2 aromatic carbocycles. The van der Waals surface area contributed by atoms with Crippen LogP contribution in [0.25, 0.3) is 0 Å². The second kappa shape index (κ2) is 7.84. The number of methoxy groups -OCH3 is 1. The van der Waals surface area contributed by atoms with Crippen molar-refractivity contribution in [3.8, 4) is 5.75 Å². The minimum absolute atomic E-state index is 0.0447. The molecule has 5 nitrogen and oxygen atoms in total. The Morgan fingerprint density at radius 1 is 1.11 bits per heavy atom. The molecule has 0 aromatic heterocycles. The van der Waals surface area contributed by atoms with Crippen molar-refractivity contribution in [2.75, 3.05) is 38.8 Å². The summed E-state index contributed by atoms with van der Waals surface area (Å²) in [4.78, 5) is 17.2. The summed E-state index contributed by atoms with van der Waals surface area (Å²) >= 11 is 0. The molecule has 4 rings (SSSR count). The van der Waals surface area contributed by atoms with Crippen molar-refractivity contribution in [1.82, 2.24) is 4.90 Å². The van der Waals surface area contributed by atoms with Gasteiger partial charge in [0.15, 0.2) is 0 Å². The molecule has 2 fully saturated rings. The first-order valence-electron chi connectivity index (χ1n) is 9.96. The number of benzene rings is 2. The number of nitrogens with zero attached hydrogens (tertiary/aromatic N) is 2. The van der Waals surface area contributed by atoms with Crippen LogP contribution in [-0.2, 0) is 4.74 Å². The van der Waals surface area contributed by atoms with Gasteiger partial charge >= 0.3 is 0 Å². The normalized spacial score (nSPS) is 20.9. The van der Waals surface area contributed by atoms with Gasteiger partial charge in [0.25, 0.3) is 5.91 Å². The first-order valence-corrected chi connectivity index (χ1v) is 9.96. The molecule has 1 atom stereocenters. The lowest BCUT2D eigenvalue weighted by Gasteiger charge is -2.39. The summed E-state index contributed by atoms with van der Waals surface area (Å²) in [5, 5.41) is 0. The van der Waals surface area contributed by atoms with Crippen LogP contribution >= 0.6 is 0 Å². The lowest BCUT2D eigenvalue weighted by Crippen LogP contribution is -2.47. The summed E-state index contributed by atoms with van der Waals surface area (Å²) in [6.07, 6.45) is 2.77. The fourth-order valence-electron chi connectivity index (χ4n) is 4.40. The average molecular weight is 380 g/mol. The van der Waals surface area contributed by atoms with Crippen LogP contribution in [0, 0.1) is 0 Å². The molecular weight excluding hydrogens is 352 g/mol. The largest absolute Gasteiger partial charge is 0.496 e. The highest BCUT2D eigenvalue weighted by Gasteiger charge is 2.44.